The third-order valence-electron chi connectivity index (χ3n) is 2.17. The van der Waals surface area contributed by atoms with E-state index >= 15 is 0 Å². The summed E-state index contributed by atoms with van der Waals surface area (Å²) in [6.07, 6.45) is 0. The summed E-state index contributed by atoms with van der Waals surface area (Å²) in [5, 5.41) is 2.91. The van der Waals surface area contributed by atoms with E-state index in [2.05, 4.69) is 11.4 Å². The molecule has 1 aromatic rings. The summed E-state index contributed by atoms with van der Waals surface area (Å²) < 4.78 is 0. The van der Waals surface area contributed by atoms with E-state index in [4.69, 9.17) is 0 Å². The average molecular weight is 207 g/mol. The van der Waals surface area contributed by atoms with Gasteiger partial charge in [0.2, 0.25) is 0 Å². The fourth-order valence-corrected chi connectivity index (χ4v) is 1.47. The Hall–Kier alpha value is -1.35. The molecule has 0 heterocycles. The van der Waals surface area contributed by atoms with Crippen molar-refractivity contribution in [3.05, 3.63) is 29.3 Å². The standard InChI is InChI=1S/C12H18N2O/c1-9-5-6-11(10(2)7-9)13-12(15)8-14(3)4/h5-7H,8H2,1-4H3,(H,13,15)/p+1. The van der Waals surface area contributed by atoms with E-state index in [0.717, 1.165) is 16.2 Å². The Morgan fingerprint density at radius 3 is 2.53 bits per heavy atom. The van der Waals surface area contributed by atoms with E-state index in [0.29, 0.717) is 6.54 Å². The van der Waals surface area contributed by atoms with Crippen LogP contribution in [0.1, 0.15) is 11.1 Å². The number of benzene rings is 1. The number of hydrogen-bond acceptors (Lipinski definition) is 1. The van der Waals surface area contributed by atoms with Crippen LogP contribution >= 0.6 is 0 Å². The lowest BCUT2D eigenvalue weighted by atomic mass is 10.1. The highest BCUT2D eigenvalue weighted by Crippen LogP contribution is 2.15. The molecule has 0 fully saturated rings. The average Bonchev–Trinajstić information content (AvgIpc) is 2.08. The van der Waals surface area contributed by atoms with Crippen LogP contribution in [0, 0.1) is 13.8 Å². The van der Waals surface area contributed by atoms with Crippen molar-refractivity contribution in [2.75, 3.05) is 26.0 Å². The minimum atomic E-state index is 0.0574. The number of amides is 1. The summed E-state index contributed by atoms with van der Waals surface area (Å²) >= 11 is 0. The molecule has 0 radical (unpaired) electrons. The van der Waals surface area contributed by atoms with Gasteiger partial charge in [0.25, 0.3) is 5.91 Å². The number of rotatable bonds is 3. The topological polar surface area (TPSA) is 33.5 Å². The molecule has 2 N–H and O–H groups in total. The van der Waals surface area contributed by atoms with E-state index in [-0.39, 0.29) is 5.91 Å². The Balaban J connectivity index is 2.68. The van der Waals surface area contributed by atoms with Crippen LogP contribution in [0.25, 0.3) is 0 Å². The normalized spacial score (nSPS) is 10.5. The lowest BCUT2D eigenvalue weighted by Gasteiger charge is -2.10. The molecule has 0 aliphatic rings. The summed E-state index contributed by atoms with van der Waals surface area (Å²) in [4.78, 5) is 12.7. The van der Waals surface area contributed by atoms with E-state index < -0.39 is 0 Å². The number of likely N-dealkylation sites (N-methyl/N-ethyl adjacent to an activating group) is 1. The van der Waals surface area contributed by atoms with E-state index in [1.54, 1.807) is 0 Å². The van der Waals surface area contributed by atoms with Crippen molar-refractivity contribution >= 4 is 11.6 Å². The molecule has 1 rings (SSSR count). The Morgan fingerprint density at radius 1 is 1.33 bits per heavy atom. The number of anilines is 1. The fourth-order valence-electron chi connectivity index (χ4n) is 1.47. The Kier molecular flexibility index (Phi) is 3.86. The first-order valence-electron chi connectivity index (χ1n) is 5.15. The van der Waals surface area contributed by atoms with Crippen molar-refractivity contribution in [3.63, 3.8) is 0 Å². The predicted octanol–water partition coefficient (Wildman–Crippen LogP) is 0.386. The van der Waals surface area contributed by atoms with Gasteiger partial charge in [0.1, 0.15) is 0 Å². The van der Waals surface area contributed by atoms with Crippen LogP contribution in [0.4, 0.5) is 5.69 Å². The van der Waals surface area contributed by atoms with Crippen molar-refractivity contribution in [1.29, 1.82) is 0 Å². The van der Waals surface area contributed by atoms with Gasteiger partial charge in [-0.2, -0.15) is 0 Å². The molecule has 0 saturated heterocycles. The zero-order chi connectivity index (χ0) is 11.4. The number of quaternary nitrogens is 1. The highest BCUT2D eigenvalue weighted by atomic mass is 16.2. The SMILES string of the molecule is Cc1ccc(NC(=O)C[NH+](C)C)c(C)c1. The van der Waals surface area contributed by atoms with Crippen LogP contribution in [0.15, 0.2) is 18.2 Å². The molecule has 0 aliphatic carbocycles. The Morgan fingerprint density at radius 2 is 2.00 bits per heavy atom. The van der Waals surface area contributed by atoms with Crippen LogP contribution in [0.2, 0.25) is 0 Å². The molecule has 15 heavy (non-hydrogen) atoms. The van der Waals surface area contributed by atoms with Crippen molar-refractivity contribution in [2.24, 2.45) is 0 Å². The smallest absolute Gasteiger partial charge is 0.279 e. The lowest BCUT2D eigenvalue weighted by molar-refractivity contribution is -0.849. The first-order chi connectivity index (χ1) is 6.99. The van der Waals surface area contributed by atoms with Gasteiger partial charge in [0.15, 0.2) is 6.54 Å². The van der Waals surface area contributed by atoms with Gasteiger partial charge in [-0.3, -0.25) is 4.79 Å². The molecule has 0 bridgehead atoms. The Labute approximate surface area is 91.1 Å². The van der Waals surface area contributed by atoms with Gasteiger partial charge in [-0.05, 0) is 25.5 Å². The molecule has 1 amide bonds. The van der Waals surface area contributed by atoms with Gasteiger partial charge in [-0.25, -0.2) is 0 Å². The molecule has 0 unspecified atom stereocenters. The summed E-state index contributed by atoms with van der Waals surface area (Å²) in [6.45, 7) is 4.54. The maximum absolute atomic E-state index is 11.5. The summed E-state index contributed by atoms with van der Waals surface area (Å²) in [5.41, 5.74) is 3.23. The Bertz CT molecular complexity index is 359. The second kappa shape index (κ2) is 4.94. The molecule has 3 heteroatoms. The van der Waals surface area contributed by atoms with E-state index in [1.807, 2.05) is 40.1 Å². The molecule has 0 spiro atoms. The van der Waals surface area contributed by atoms with Gasteiger partial charge in [0.05, 0.1) is 14.1 Å². The van der Waals surface area contributed by atoms with Gasteiger partial charge >= 0.3 is 0 Å². The zero-order valence-electron chi connectivity index (χ0n) is 9.85. The molecule has 0 atom stereocenters. The van der Waals surface area contributed by atoms with Gasteiger partial charge < -0.3 is 10.2 Å². The molecule has 1 aromatic carbocycles. The van der Waals surface area contributed by atoms with Gasteiger partial charge in [-0.1, -0.05) is 17.7 Å². The number of hydrogen-bond donors (Lipinski definition) is 2. The van der Waals surface area contributed by atoms with E-state index in [1.165, 1.54) is 5.56 Å². The number of carbonyl (C=O) groups excluding carboxylic acids is 1. The highest BCUT2D eigenvalue weighted by Gasteiger charge is 2.07. The monoisotopic (exact) mass is 207 g/mol. The number of nitrogens with one attached hydrogen (secondary N) is 2. The minimum Gasteiger partial charge on any atom is -0.332 e. The molecule has 0 saturated carbocycles. The third kappa shape index (κ3) is 3.72. The third-order valence-corrected chi connectivity index (χ3v) is 2.17. The van der Waals surface area contributed by atoms with Crippen molar-refractivity contribution in [1.82, 2.24) is 0 Å². The largest absolute Gasteiger partial charge is 0.332 e. The molecule has 0 aromatic heterocycles. The van der Waals surface area contributed by atoms with Gasteiger partial charge in [0, 0.05) is 5.69 Å². The predicted molar refractivity (Wildman–Crippen MR) is 62.2 cm³/mol. The summed E-state index contributed by atoms with van der Waals surface area (Å²) in [5.74, 6) is 0.0574. The van der Waals surface area contributed by atoms with Gasteiger partial charge in [-0.15, -0.1) is 0 Å². The maximum atomic E-state index is 11.5. The fraction of sp³-hybridized carbons (Fsp3) is 0.417. The summed E-state index contributed by atoms with van der Waals surface area (Å²) in [7, 11) is 3.92. The second-order valence-electron chi connectivity index (χ2n) is 4.25. The maximum Gasteiger partial charge on any atom is 0.279 e. The molecule has 0 aliphatic heterocycles. The quantitative estimate of drug-likeness (QED) is 0.738. The second-order valence-corrected chi connectivity index (χ2v) is 4.25. The van der Waals surface area contributed by atoms with Crippen molar-refractivity contribution < 1.29 is 9.69 Å². The zero-order valence-corrected chi connectivity index (χ0v) is 9.85. The number of aryl methyl sites for hydroxylation is 2. The first kappa shape index (κ1) is 11.7. The van der Waals surface area contributed by atoms with Crippen LogP contribution in [-0.2, 0) is 4.79 Å². The minimum absolute atomic E-state index is 0.0574. The molecular weight excluding hydrogens is 188 g/mol. The first-order valence-corrected chi connectivity index (χ1v) is 5.15. The summed E-state index contributed by atoms with van der Waals surface area (Å²) in [6, 6.07) is 6.02. The molecule has 82 valence electrons. The highest BCUT2D eigenvalue weighted by molar-refractivity contribution is 5.92. The lowest BCUT2D eigenvalue weighted by Crippen LogP contribution is -3.06. The van der Waals surface area contributed by atoms with Crippen LogP contribution < -0.4 is 10.2 Å². The van der Waals surface area contributed by atoms with E-state index in [9.17, 15) is 4.79 Å². The van der Waals surface area contributed by atoms with Crippen molar-refractivity contribution in [3.8, 4) is 0 Å². The molecular formula is C12H19N2O+. The van der Waals surface area contributed by atoms with Crippen LogP contribution in [0.5, 0.6) is 0 Å². The molecule has 3 nitrogen and oxygen atoms in total. The van der Waals surface area contributed by atoms with Crippen LogP contribution in [0.3, 0.4) is 0 Å². The number of carbonyl (C=O) groups is 1. The van der Waals surface area contributed by atoms with Crippen molar-refractivity contribution in [2.45, 2.75) is 13.8 Å². The van der Waals surface area contributed by atoms with Crippen LogP contribution in [-0.4, -0.2) is 26.5 Å².